The molecule has 0 amide bonds. The van der Waals surface area contributed by atoms with E-state index >= 15 is 0 Å². The Bertz CT molecular complexity index is 655. The summed E-state index contributed by atoms with van der Waals surface area (Å²) in [5.74, 6) is -2.43. The van der Waals surface area contributed by atoms with Crippen molar-refractivity contribution in [2.24, 2.45) is 0 Å². The van der Waals surface area contributed by atoms with Gasteiger partial charge in [-0.05, 0) is 32.0 Å². The molecular weight excluding hydrogens is 339 g/mol. The van der Waals surface area contributed by atoms with Crippen LogP contribution in [0.25, 0.3) is 0 Å². The minimum Gasteiger partial charge on any atom is -0.465 e. The molecule has 0 aliphatic carbocycles. The maximum absolute atomic E-state index is 12.2. The lowest BCUT2D eigenvalue weighted by Gasteiger charge is -2.12. The molecule has 8 heteroatoms. The first kappa shape index (κ1) is 17.9. The van der Waals surface area contributed by atoms with Gasteiger partial charge in [0.25, 0.3) is 0 Å². The van der Waals surface area contributed by atoms with E-state index in [1.54, 1.807) is 6.92 Å². The highest BCUT2D eigenvalue weighted by atomic mass is 35.5. The van der Waals surface area contributed by atoms with Gasteiger partial charge in [-0.25, -0.2) is 8.42 Å². The first-order valence-electron chi connectivity index (χ1n) is 6.05. The number of rotatable bonds is 6. The monoisotopic (exact) mass is 352 g/mol. The fourth-order valence-corrected chi connectivity index (χ4v) is 3.18. The predicted molar refractivity (Wildman–Crippen MR) is 80.7 cm³/mol. The third-order valence-corrected chi connectivity index (χ3v) is 5.21. The van der Waals surface area contributed by atoms with Crippen molar-refractivity contribution in [1.29, 1.82) is 0 Å². The van der Waals surface area contributed by atoms with Gasteiger partial charge in [0.05, 0.1) is 11.6 Å². The highest BCUT2D eigenvalue weighted by Gasteiger charge is 2.32. The van der Waals surface area contributed by atoms with Gasteiger partial charge in [-0.2, -0.15) is 0 Å². The smallest absolute Gasteiger partial charge is 0.321 e. The van der Waals surface area contributed by atoms with Crippen molar-refractivity contribution in [3.8, 4) is 0 Å². The number of benzene rings is 1. The molecule has 116 valence electrons. The zero-order chi connectivity index (χ0) is 16.2. The second kappa shape index (κ2) is 7.24. The number of esters is 1. The minimum absolute atomic E-state index is 0.0426. The summed E-state index contributed by atoms with van der Waals surface area (Å²) in [6, 6.07) is 4.13. The van der Waals surface area contributed by atoms with Crippen molar-refractivity contribution in [3.63, 3.8) is 0 Å². The lowest BCUT2D eigenvalue weighted by atomic mass is 10.1. The van der Waals surface area contributed by atoms with Crippen LogP contribution in [-0.2, 0) is 19.4 Å². The van der Waals surface area contributed by atoms with Gasteiger partial charge in [-0.3, -0.25) is 9.59 Å². The number of sulfone groups is 1. The summed E-state index contributed by atoms with van der Waals surface area (Å²) < 4.78 is 28.6. The molecule has 1 unspecified atom stereocenters. The molecule has 0 saturated carbocycles. The lowest BCUT2D eigenvalue weighted by molar-refractivity contribution is -0.139. The van der Waals surface area contributed by atoms with Gasteiger partial charge in [0.2, 0.25) is 0 Å². The maximum Gasteiger partial charge on any atom is 0.321 e. The molecule has 0 spiro atoms. The number of hydrogen-bond acceptors (Lipinski definition) is 5. The van der Waals surface area contributed by atoms with E-state index in [0.29, 0.717) is 5.02 Å². The zero-order valence-electron chi connectivity index (χ0n) is 11.4. The zero-order valence-corrected chi connectivity index (χ0v) is 13.8. The third-order valence-electron chi connectivity index (χ3n) is 2.73. The van der Waals surface area contributed by atoms with Crippen LogP contribution in [0.5, 0.6) is 0 Å². The highest BCUT2D eigenvalue weighted by molar-refractivity contribution is 7.93. The summed E-state index contributed by atoms with van der Waals surface area (Å²) in [6.45, 7) is 2.84. The molecule has 1 rings (SSSR count). The van der Waals surface area contributed by atoms with Gasteiger partial charge in [-0.15, -0.1) is 0 Å². The van der Waals surface area contributed by atoms with E-state index in [1.807, 2.05) is 0 Å². The molecule has 1 aromatic carbocycles. The molecule has 21 heavy (non-hydrogen) atoms. The standard InChI is InChI=1S/C13H14Cl2O5S/c1-3-20-12(16)7-21(18,19)8(2)13(17)10-5-4-9(14)6-11(10)15/h4-6,8H,3,7H2,1-2H3. The molecule has 0 aliphatic rings. The molecule has 1 atom stereocenters. The summed E-state index contributed by atoms with van der Waals surface area (Å²) in [6.07, 6.45) is 0. The topological polar surface area (TPSA) is 77.5 Å². The largest absolute Gasteiger partial charge is 0.465 e. The summed E-state index contributed by atoms with van der Waals surface area (Å²) in [5.41, 5.74) is 0.0426. The van der Waals surface area contributed by atoms with E-state index in [9.17, 15) is 18.0 Å². The van der Waals surface area contributed by atoms with Crippen molar-refractivity contribution >= 4 is 44.8 Å². The molecule has 5 nitrogen and oxygen atoms in total. The molecule has 0 saturated heterocycles. The quantitative estimate of drug-likeness (QED) is 0.580. The molecule has 0 aromatic heterocycles. The average molecular weight is 353 g/mol. The van der Waals surface area contributed by atoms with E-state index in [1.165, 1.54) is 25.1 Å². The van der Waals surface area contributed by atoms with Gasteiger partial charge >= 0.3 is 5.97 Å². The molecule has 0 aliphatic heterocycles. The van der Waals surface area contributed by atoms with E-state index in [0.717, 1.165) is 0 Å². The number of ketones is 1. The molecular formula is C13H14Cl2O5S. The summed E-state index contributed by atoms with van der Waals surface area (Å²) in [4.78, 5) is 23.5. The van der Waals surface area contributed by atoms with Crippen LogP contribution in [0.15, 0.2) is 18.2 Å². The van der Waals surface area contributed by atoms with Gasteiger partial charge < -0.3 is 4.74 Å². The number of halogens is 2. The first-order chi connectivity index (χ1) is 9.69. The molecule has 0 bridgehead atoms. The Morgan fingerprint density at radius 2 is 1.90 bits per heavy atom. The summed E-state index contributed by atoms with van der Waals surface area (Å²) in [5, 5.41) is -1.01. The van der Waals surface area contributed by atoms with Crippen molar-refractivity contribution in [2.75, 3.05) is 12.4 Å². The SMILES string of the molecule is CCOC(=O)CS(=O)(=O)C(C)C(=O)c1ccc(Cl)cc1Cl. The molecule has 0 heterocycles. The van der Waals surface area contributed by atoms with Crippen LogP contribution in [0.2, 0.25) is 10.0 Å². The minimum atomic E-state index is -3.97. The number of carbonyl (C=O) groups excluding carboxylic acids is 2. The van der Waals surface area contributed by atoms with Crippen molar-refractivity contribution in [1.82, 2.24) is 0 Å². The van der Waals surface area contributed by atoms with Crippen molar-refractivity contribution < 1.29 is 22.7 Å². The summed E-state index contributed by atoms with van der Waals surface area (Å²) in [7, 11) is -3.97. The Hall–Kier alpha value is -1.11. The van der Waals surface area contributed by atoms with Crippen molar-refractivity contribution in [3.05, 3.63) is 33.8 Å². The molecule has 1 aromatic rings. The highest BCUT2D eigenvalue weighted by Crippen LogP contribution is 2.23. The van der Waals surface area contributed by atoms with E-state index in [4.69, 9.17) is 23.2 Å². The van der Waals surface area contributed by atoms with Crippen LogP contribution < -0.4 is 0 Å². The number of ether oxygens (including phenoxy) is 1. The Labute approximate surface area is 133 Å². The number of hydrogen-bond donors (Lipinski definition) is 0. The van der Waals surface area contributed by atoms with Crippen LogP contribution >= 0.6 is 23.2 Å². The van der Waals surface area contributed by atoms with Gasteiger partial charge in [-0.1, -0.05) is 23.2 Å². The van der Waals surface area contributed by atoms with Crippen LogP contribution in [0.4, 0.5) is 0 Å². The Morgan fingerprint density at radius 3 is 2.43 bits per heavy atom. The fraction of sp³-hybridized carbons (Fsp3) is 0.385. The number of Topliss-reactive ketones (excluding diaryl/α,β-unsaturated/α-hetero) is 1. The van der Waals surface area contributed by atoms with Gasteiger partial charge in [0.1, 0.15) is 11.0 Å². The van der Waals surface area contributed by atoms with Gasteiger partial charge in [0.15, 0.2) is 15.6 Å². The Balaban J connectivity index is 2.98. The fourth-order valence-electron chi connectivity index (χ4n) is 1.56. The van der Waals surface area contributed by atoms with Crippen LogP contribution in [0.1, 0.15) is 24.2 Å². The van der Waals surface area contributed by atoms with Crippen LogP contribution in [0.3, 0.4) is 0 Å². The van der Waals surface area contributed by atoms with Crippen molar-refractivity contribution in [2.45, 2.75) is 19.1 Å². The summed E-state index contributed by atoms with van der Waals surface area (Å²) >= 11 is 11.6. The maximum atomic E-state index is 12.2. The second-order valence-electron chi connectivity index (χ2n) is 4.24. The van der Waals surface area contributed by atoms with E-state index in [-0.39, 0.29) is 17.2 Å². The lowest BCUT2D eigenvalue weighted by Crippen LogP contribution is -2.33. The molecule has 0 fully saturated rings. The molecule has 0 N–H and O–H groups in total. The number of carbonyl (C=O) groups is 2. The van der Waals surface area contributed by atoms with E-state index in [2.05, 4.69) is 4.74 Å². The Morgan fingerprint density at radius 1 is 1.29 bits per heavy atom. The first-order valence-corrected chi connectivity index (χ1v) is 8.52. The average Bonchev–Trinajstić information content (AvgIpc) is 2.36. The third kappa shape index (κ3) is 4.69. The predicted octanol–water partition coefficient (Wildman–Crippen LogP) is 2.54. The van der Waals surface area contributed by atoms with Gasteiger partial charge in [0, 0.05) is 10.6 Å². The second-order valence-corrected chi connectivity index (χ2v) is 7.41. The Kier molecular flexibility index (Phi) is 6.19. The van der Waals surface area contributed by atoms with Crippen LogP contribution in [0, 0.1) is 0 Å². The normalized spacial score (nSPS) is 12.8. The molecule has 0 radical (unpaired) electrons. The van der Waals surface area contributed by atoms with Crippen LogP contribution in [-0.4, -0.2) is 37.8 Å². The van der Waals surface area contributed by atoms with E-state index < -0.39 is 32.6 Å².